The first-order chi connectivity index (χ1) is 19.3. The van der Waals surface area contributed by atoms with Crippen molar-refractivity contribution in [2.24, 2.45) is 0 Å². The number of aliphatic hydroxyl groups excluding tert-OH is 1. The highest BCUT2D eigenvalue weighted by atomic mass is 16.6. The number of carbonyl (C=O) groups excluding carboxylic acids is 1. The lowest BCUT2D eigenvalue weighted by molar-refractivity contribution is 0.179. The normalized spacial score (nSPS) is 23.4. The number of cyclic esters (lactones) is 1. The highest BCUT2D eigenvalue weighted by molar-refractivity contribution is 5.89. The van der Waals surface area contributed by atoms with Gasteiger partial charge in [0, 0.05) is 29.4 Å². The maximum Gasteiger partial charge on any atom is 0.415 e. The average molecular weight is 544 g/mol. The number of aliphatic hydroxyl groups is 1. The van der Waals surface area contributed by atoms with Gasteiger partial charge >= 0.3 is 6.09 Å². The number of ether oxygens (including phenoxy) is 1. The van der Waals surface area contributed by atoms with Gasteiger partial charge in [-0.05, 0) is 88.1 Å². The number of aromatic nitrogens is 3. The van der Waals surface area contributed by atoms with Crippen molar-refractivity contribution in [3.8, 4) is 0 Å². The fourth-order valence-corrected chi connectivity index (χ4v) is 6.09. The topological polar surface area (TPSA) is 107 Å². The largest absolute Gasteiger partial charge is 0.447 e. The summed E-state index contributed by atoms with van der Waals surface area (Å²) in [4.78, 5) is 32.6. The Balaban J connectivity index is 1.28. The minimum Gasteiger partial charge on any atom is -0.447 e. The molecule has 3 aliphatic rings. The molecule has 0 saturated carbocycles. The number of likely N-dealkylation sites (tertiary alicyclic amines) is 1. The number of hydrogen-bond acceptors (Lipinski definition) is 9. The molecule has 2 aromatic heterocycles. The lowest BCUT2D eigenvalue weighted by Gasteiger charge is -2.30. The molecule has 5 heterocycles. The van der Waals surface area contributed by atoms with E-state index in [2.05, 4.69) is 47.4 Å². The van der Waals surface area contributed by atoms with E-state index >= 15 is 0 Å². The van der Waals surface area contributed by atoms with Gasteiger partial charge in [0.2, 0.25) is 5.95 Å². The van der Waals surface area contributed by atoms with Gasteiger partial charge < -0.3 is 25.0 Å². The van der Waals surface area contributed by atoms with Crippen molar-refractivity contribution in [2.45, 2.75) is 51.0 Å². The van der Waals surface area contributed by atoms with E-state index < -0.39 is 11.5 Å². The molecule has 6 rings (SSSR count). The van der Waals surface area contributed by atoms with Crippen LogP contribution in [-0.2, 0) is 10.2 Å². The molecule has 3 aromatic rings. The van der Waals surface area contributed by atoms with Crippen LogP contribution in [0.1, 0.15) is 49.3 Å². The number of nitrogens with zero attached hydrogens (tertiary/aromatic N) is 6. The van der Waals surface area contributed by atoms with Crippen LogP contribution in [0.4, 0.5) is 33.9 Å². The summed E-state index contributed by atoms with van der Waals surface area (Å²) < 4.78 is 5.20. The molecule has 2 fully saturated rings. The van der Waals surface area contributed by atoms with Gasteiger partial charge in [0.1, 0.15) is 24.1 Å². The summed E-state index contributed by atoms with van der Waals surface area (Å²) in [5, 5.41) is 13.7. The second-order valence-corrected chi connectivity index (χ2v) is 11.7. The van der Waals surface area contributed by atoms with Gasteiger partial charge in [-0.25, -0.2) is 14.8 Å². The van der Waals surface area contributed by atoms with Gasteiger partial charge in [0.05, 0.1) is 12.6 Å². The van der Waals surface area contributed by atoms with Crippen molar-refractivity contribution in [3.63, 3.8) is 0 Å². The Morgan fingerprint density at radius 2 is 1.93 bits per heavy atom. The maximum absolute atomic E-state index is 12.3. The Labute approximate surface area is 235 Å². The minimum absolute atomic E-state index is 0.0561. The highest BCUT2D eigenvalue weighted by Crippen LogP contribution is 2.43. The zero-order chi connectivity index (χ0) is 28.0. The average Bonchev–Trinajstić information content (AvgIpc) is 3.45. The Bertz CT molecular complexity index is 1420. The number of piperidine rings is 1. The van der Waals surface area contributed by atoms with Crippen molar-refractivity contribution >= 4 is 35.2 Å². The summed E-state index contributed by atoms with van der Waals surface area (Å²) in [6, 6.07) is 12.0. The van der Waals surface area contributed by atoms with E-state index in [0.29, 0.717) is 42.5 Å². The molecule has 10 heteroatoms. The van der Waals surface area contributed by atoms with E-state index in [1.807, 2.05) is 30.9 Å². The van der Waals surface area contributed by atoms with Crippen LogP contribution in [0.2, 0.25) is 0 Å². The zero-order valence-corrected chi connectivity index (χ0v) is 23.6. The predicted octanol–water partition coefficient (Wildman–Crippen LogP) is 4.48. The smallest absolute Gasteiger partial charge is 0.415 e. The Morgan fingerprint density at radius 1 is 1.15 bits per heavy atom. The van der Waals surface area contributed by atoms with Crippen LogP contribution in [0.15, 0.2) is 42.6 Å². The fourth-order valence-electron chi connectivity index (χ4n) is 6.09. The number of amides is 1. The van der Waals surface area contributed by atoms with Gasteiger partial charge in [-0.2, -0.15) is 4.98 Å². The van der Waals surface area contributed by atoms with Crippen LogP contribution in [0.3, 0.4) is 0 Å². The van der Waals surface area contributed by atoms with E-state index in [1.165, 1.54) is 24.0 Å². The molecule has 0 bridgehead atoms. The standard InChI is InChI=1S/C30H37N7O3/c1-19-14-22(8-9-23(19)21-10-12-35(4)13-11-21)32-28-31-15-24-27(34-28)36(17-30(24,3)18-38)25-6-5-7-26(33-25)37-20(2)16-40-29(37)39/h5-9,14-15,20-21,38H,10-13,16-18H2,1-4H3,(H,31,32,34)/t20-,30-/m0/s1. The molecule has 2 atom stereocenters. The summed E-state index contributed by atoms with van der Waals surface area (Å²) >= 11 is 0. The molecule has 0 radical (unpaired) electrons. The molecule has 1 amide bonds. The third kappa shape index (κ3) is 4.75. The number of hydrogen-bond donors (Lipinski definition) is 2. The van der Waals surface area contributed by atoms with Crippen LogP contribution in [-0.4, -0.2) is 77.0 Å². The fraction of sp³-hybridized carbons (Fsp3) is 0.467. The quantitative estimate of drug-likeness (QED) is 0.465. The van der Waals surface area contributed by atoms with Crippen molar-refractivity contribution in [1.29, 1.82) is 0 Å². The van der Waals surface area contributed by atoms with E-state index in [-0.39, 0.29) is 12.6 Å². The number of benzene rings is 1. The van der Waals surface area contributed by atoms with Crippen molar-refractivity contribution in [2.75, 3.05) is 55.0 Å². The molecule has 210 valence electrons. The van der Waals surface area contributed by atoms with Crippen molar-refractivity contribution < 1.29 is 14.6 Å². The minimum atomic E-state index is -0.558. The Hall–Kier alpha value is -3.76. The number of pyridine rings is 1. The highest BCUT2D eigenvalue weighted by Gasteiger charge is 2.42. The number of rotatable bonds is 6. The van der Waals surface area contributed by atoms with Crippen LogP contribution in [0.25, 0.3) is 0 Å². The monoisotopic (exact) mass is 543 g/mol. The summed E-state index contributed by atoms with van der Waals surface area (Å²) in [5.74, 6) is 2.94. The summed E-state index contributed by atoms with van der Waals surface area (Å²) in [6.45, 7) is 9.13. The third-order valence-corrected chi connectivity index (χ3v) is 8.54. The van der Waals surface area contributed by atoms with E-state index in [4.69, 9.17) is 14.7 Å². The molecule has 10 nitrogen and oxygen atoms in total. The van der Waals surface area contributed by atoms with E-state index in [1.54, 1.807) is 17.2 Å². The molecule has 0 spiro atoms. The number of carbonyl (C=O) groups is 1. The molecule has 1 aromatic carbocycles. The summed E-state index contributed by atoms with van der Waals surface area (Å²) in [5.41, 5.74) is 3.92. The first kappa shape index (κ1) is 26.5. The van der Waals surface area contributed by atoms with Gasteiger partial charge in [0.25, 0.3) is 0 Å². The predicted molar refractivity (Wildman–Crippen MR) is 155 cm³/mol. The second kappa shape index (κ2) is 10.3. The SMILES string of the molecule is Cc1cc(Nc2ncc3c(n2)N(c2cccc(N4C(=O)OC[C@@H]4C)n2)C[C@@]3(C)CO)ccc1C1CCN(C)CC1. The first-order valence-electron chi connectivity index (χ1n) is 14.0. The number of anilines is 5. The van der Waals surface area contributed by atoms with Crippen molar-refractivity contribution in [3.05, 3.63) is 59.3 Å². The van der Waals surface area contributed by atoms with Gasteiger partial charge in [-0.1, -0.05) is 19.1 Å². The zero-order valence-electron chi connectivity index (χ0n) is 23.6. The van der Waals surface area contributed by atoms with Gasteiger partial charge in [-0.3, -0.25) is 4.90 Å². The lowest BCUT2D eigenvalue weighted by Crippen LogP contribution is -2.33. The molecule has 2 N–H and O–H groups in total. The molecule has 40 heavy (non-hydrogen) atoms. The maximum atomic E-state index is 12.3. The van der Waals surface area contributed by atoms with Crippen LogP contribution >= 0.6 is 0 Å². The summed E-state index contributed by atoms with van der Waals surface area (Å²) in [7, 11) is 2.19. The van der Waals surface area contributed by atoms with E-state index in [0.717, 1.165) is 24.3 Å². The summed E-state index contributed by atoms with van der Waals surface area (Å²) in [6.07, 6.45) is 3.77. The number of nitrogens with one attached hydrogen (secondary N) is 1. The first-order valence-corrected chi connectivity index (χ1v) is 14.0. The van der Waals surface area contributed by atoms with Gasteiger partial charge in [-0.15, -0.1) is 0 Å². The van der Waals surface area contributed by atoms with Crippen LogP contribution in [0.5, 0.6) is 0 Å². The van der Waals surface area contributed by atoms with Crippen LogP contribution < -0.4 is 15.1 Å². The Morgan fingerprint density at radius 3 is 2.62 bits per heavy atom. The molecule has 0 unspecified atom stereocenters. The van der Waals surface area contributed by atoms with Crippen LogP contribution in [0, 0.1) is 6.92 Å². The van der Waals surface area contributed by atoms with Crippen molar-refractivity contribution in [1.82, 2.24) is 19.9 Å². The van der Waals surface area contributed by atoms with E-state index in [9.17, 15) is 9.90 Å². The molecule has 2 saturated heterocycles. The lowest BCUT2D eigenvalue weighted by atomic mass is 9.87. The van der Waals surface area contributed by atoms with Gasteiger partial charge in [0.15, 0.2) is 0 Å². The molecule has 0 aliphatic carbocycles. The number of aryl methyl sites for hydroxylation is 1. The molecule has 3 aliphatic heterocycles. The third-order valence-electron chi connectivity index (χ3n) is 8.54. The molecular formula is C30H37N7O3. The second-order valence-electron chi connectivity index (χ2n) is 11.7. The molecular weight excluding hydrogens is 506 g/mol. The number of fused-ring (bicyclic) bond motifs is 1. The Kier molecular flexibility index (Phi) is 6.83.